The lowest BCUT2D eigenvalue weighted by molar-refractivity contribution is -0.184. The van der Waals surface area contributed by atoms with Crippen LogP contribution in [0, 0.1) is 11.8 Å². The van der Waals surface area contributed by atoms with E-state index >= 15 is 0 Å². The van der Waals surface area contributed by atoms with E-state index in [1.54, 1.807) is 6.07 Å². The number of carbonyl (C=O) groups excluding carboxylic acids is 1. The fourth-order valence-corrected chi connectivity index (χ4v) is 2.83. The molecule has 0 spiro atoms. The maximum absolute atomic E-state index is 13.0. The van der Waals surface area contributed by atoms with Crippen LogP contribution in [0.5, 0.6) is 5.75 Å². The van der Waals surface area contributed by atoms with Gasteiger partial charge in [0.05, 0.1) is 18.4 Å². The van der Waals surface area contributed by atoms with Gasteiger partial charge in [-0.05, 0) is 13.0 Å². The summed E-state index contributed by atoms with van der Waals surface area (Å²) < 4.78 is 44.5. The third-order valence-electron chi connectivity index (χ3n) is 4.01. The summed E-state index contributed by atoms with van der Waals surface area (Å²) in [7, 11) is 1.52. The number of ether oxygens (including phenoxy) is 1. The van der Waals surface area contributed by atoms with Crippen LogP contribution in [-0.2, 0) is 11.3 Å². The molecule has 136 valence electrons. The van der Waals surface area contributed by atoms with Gasteiger partial charge in [0, 0.05) is 32.2 Å². The Morgan fingerprint density at radius 1 is 1.33 bits per heavy atom. The first kappa shape index (κ1) is 20.6. The summed E-state index contributed by atoms with van der Waals surface area (Å²) in [6.07, 6.45) is -4.37. The number of hydrogen-bond acceptors (Lipinski definition) is 3. The average molecular weight is 367 g/mol. The van der Waals surface area contributed by atoms with Crippen molar-refractivity contribution in [2.24, 2.45) is 11.8 Å². The van der Waals surface area contributed by atoms with Gasteiger partial charge in [0.25, 0.3) is 0 Å². The van der Waals surface area contributed by atoms with Gasteiger partial charge in [-0.25, -0.2) is 0 Å². The summed E-state index contributed by atoms with van der Waals surface area (Å²) in [6, 6.07) is 7.22. The van der Waals surface area contributed by atoms with Crippen LogP contribution < -0.4 is 10.1 Å². The molecule has 1 N–H and O–H groups in total. The molecule has 2 rings (SSSR count). The van der Waals surface area contributed by atoms with Gasteiger partial charge < -0.3 is 15.0 Å². The Hall–Kier alpha value is -1.47. The smallest absolute Gasteiger partial charge is 0.393 e. The minimum atomic E-state index is -4.37. The zero-order valence-electron chi connectivity index (χ0n) is 13.6. The van der Waals surface area contributed by atoms with Gasteiger partial charge in [0.15, 0.2) is 0 Å². The van der Waals surface area contributed by atoms with Crippen LogP contribution in [0.25, 0.3) is 0 Å². The minimum Gasteiger partial charge on any atom is -0.494 e. The molecule has 1 aliphatic rings. The molecule has 1 heterocycles. The molecule has 0 saturated carbocycles. The molecule has 0 bridgehead atoms. The van der Waals surface area contributed by atoms with Crippen LogP contribution >= 0.6 is 12.4 Å². The number of rotatable bonds is 5. The first-order valence-electron chi connectivity index (χ1n) is 7.57. The standard InChI is InChI=1S/C16H21F3N2O2.ClH/c1-3-23-14-7-5-4-6-11(14)10-21(2)15(22)12-8-20-9-13(12)16(17,18)19;/h4-7,12-13,20H,3,8-10H2,1-2H3;1H/t12-,13-;/m1./s1. The molecule has 8 heteroatoms. The first-order valence-corrected chi connectivity index (χ1v) is 7.57. The molecule has 1 fully saturated rings. The molecule has 1 aliphatic heterocycles. The van der Waals surface area contributed by atoms with Gasteiger partial charge >= 0.3 is 6.18 Å². The van der Waals surface area contributed by atoms with Crippen LogP contribution in [-0.4, -0.2) is 43.7 Å². The van der Waals surface area contributed by atoms with Crippen molar-refractivity contribution in [2.45, 2.75) is 19.6 Å². The Morgan fingerprint density at radius 2 is 2.00 bits per heavy atom. The topological polar surface area (TPSA) is 41.6 Å². The highest BCUT2D eigenvalue weighted by Crippen LogP contribution is 2.35. The van der Waals surface area contributed by atoms with Crippen molar-refractivity contribution < 1.29 is 22.7 Å². The molecular formula is C16H22ClF3N2O2. The highest BCUT2D eigenvalue weighted by atomic mass is 35.5. The second-order valence-corrected chi connectivity index (χ2v) is 5.65. The number of benzene rings is 1. The summed E-state index contributed by atoms with van der Waals surface area (Å²) in [6.45, 7) is 2.40. The second-order valence-electron chi connectivity index (χ2n) is 5.65. The molecule has 4 nitrogen and oxygen atoms in total. The molecule has 1 aromatic carbocycles. The first-order chi connectivity index (χ1) is 10.8. The quantitative estimate of drug-likeness (QED) is 0.871. The van der Waals surface area contributed by atoms with E-state index in [0.29, 0.717) is 12.4 Å². The zero-order chi connectivity index (χ0) is 17.0. The predicted molar refractivity (Wildman–Crippen MR) is 87.2 cm³/mol. The highest BCUT2D eigenvalue weighted by Gasteiger charge is 2.50. The van der Waals surface area contributed by atoms with Crippen LogP contribution in [0.2, 0.25) is 0 Å². The Bertz CT molecular complexity index is 554. The minimum absolute atomic E-state index is 0. The third-order valence-corrected chi connectivity index (χ3v) is 4.01. The highest BCUT2D eigenvalue weighted by molar-refractivity contribution is 5.85. The Morgan fingerprint density at radius 3 is 2.62 bits per heavy atom. The summed E-state index contributed by atoms with van der Waals surface area (Å²) in [5.41, 5.74) is 0.778. The van der Waals surface area contributed by atoms with Crippen molar-refractivity contribution in [3.05, 3.63) is 29.8 Å². The van der Waals surface area contributed by atoms with Gasteiger partial charge in [0.1, 0.15) is 5.75 Å². The summed E-state index contributed by atoms with van der Waals surface area (Å²) in [5, 5.41) is 2.67. The number of nitrogens with one attached hydrogen (secondary N) is 1. The van der Waals surface area contributed by atoms with E-state index in [-0.39, 0.29) is 32.0 Å². The molecule has 0 aliphatic carbocycles. The third kappa shape index (κ3) is 4.77. The lowest BCUT2D eigenvalue weighted by Gasteiger charge is -2.26. The number of carbonyl (C=O) groups is 1. The fraction of sp³-hybridized carbons (Fsp3) is 0.562. The van der Waals surface area contributed by atoms with Gasteiger partial charge in [0.2, 0.25) is 5.91 Å². The van der Waals surface area contributed by atoms with E-state index in [0.717, 1.165) is 5.56 Å². The summed E-state index contributed by atoms with van der Waals surface area (Å²) in [4.78, 5) is 13.8. The van der Waals surface area contributed by atoms with Crippen molar-refractivity contribution in [3.63, 3.8) is 0 Å². The van der Waals surface area contributed by atoms with E-state index in [2.05, 4.69) is 5.32 Å². The lowest BCUT2D eigenvalue weighted by atomic mass is 9.94. The van der Waals surface area contributed by atoms with Gasteiger partial charge in [-0.1, -0.05) is 18.2 Å². The SMILES string of the molecule is CCOc1ccccc1CN(C)C(=O)[C@@H]1CNC[C@H]1C(F)(F)F.Cl. The van der Waals surface area contributed by atoms with Crippen LogP contribution in [0.3, 0.4) is 0 Å². The van der Waals surface area contributed by atoms with Crippen molar-refractivity contribution in [2.75, 3.05) is 26.7 Å². The number of nitrogens with zero attached hydrogens (tertiary/aromatic N) is 1. The normalized spacial score (nSPS) is 20.4. The van der Waals surface area contributed by atoms with E-state index in [4.69, 9.17) is 4.74 Å². The maximum Gasteiger partial charge on any atom is 0.393 e. The molecule has 1 aromatic rings. The molecule has 1 amide bonds. The lowest BCUT2D eigenvalue weighted by Crippen LogP contribution is -2.40. The van der Waals surface area contributed by atoms with Crippen LogP contribution in [0.15, 0.2) is 24.3 Å². The largest absolute Gasteiger partial charge is 0.494 e. The van der Waals surface area contributed by atoms with Crippen molar-refractivity contribution in [1.29, 1.82) is 0 Å². The van der Waals surface area contributed by atoms with Gasteiger partial charge in [-0.15, -0.1) is 12.4 Å². The molecule has 0 radical (unpaired) electrons. The van der Waals surface area contributed by atoms with E-state index in [1.165, 1.54) is 11.9 Å². The molecule has 24 heavy (non-hydrogen) atoms. The molecule has 2 atom stereocenters. The number of hydrogen-bond donors (Lipinski definition) is 1. The number of halogens is 4. The van der Waals surface area contributed by atoms with E-state index in [1.807, 2.05) is 25.1 Å². The van der Waals surface area contributed by atoms with Gasteiger partial charge in [-0.2, -0.15) is 13.2 Å². The van der Waals surface area contributed by atoms with Crippen molar-refractivity contribution >= 4 is 18.3 Å². The van der Waals surface area contributed by atoms with Crippen molar-refractivity contribution in [1.82, 2.24) is 10.2 Å². The van der Waals surface area contributed by atoms with E-state index in [9.17, 15) is 18.0 Å². The Kier molecular flexibility index (Phi) is 7.35. The monoisotopic (exact) mass is 366 g/mol. The second kappa shape index (κ2) is 8.58. The fourth-order valence-electron chi connectivity index (χ4n) is 2.83. The number of amides is 1. The average Bonchev–Trinajstić information content (AvgIpc) is 2.98. The number of para-hydroxylation sites is 1. The maximum atomic E-state index is 13.0. The van der Waals surface area contributed by atoms with Crippen LogP contribution in [0.1, 0.15) is 12.5 Å². The summed E-state index contributed by atoms with van der Waals surface area (Å²) >= 11 is 0. The zero-order valence-corrected chi connectivity index (χ0v) is 14.4. The molecule has 1 saturated heterocycles. The van der Waals surface area contributed by atoms with Crippen molar-refractivity contribution in [3.8, 4) is 5.75 Å². The van der Waals surface area contributed by atoms with E-state index < -0.39 is 23.9 Å². The molecule has 0 aromatic heterocycles. The van der Waals surface area contributed by atoms with Gasteiger partial charge in [-0.3, -0.25) is 4.79 Å². The predicted octanol–water partition coefficient (Wildman–Crippen LogP) is 2.86. The van der Waals surface area contributed by atoms with Crippen LogP contribution in [0.4, 0.5) is 13.2 Å². The summed E-state index contributed by atoms with van der Waals surface area (Å²) in [5.74, 6) is -2.55. The Labute approximate surface area is 145 Å². The molecule has 0 unspecified atom stereocenters. The Balaban J connectivity index is 0.00000288. The molecular weight excluding hydrogens is 345 g/mol. The number of alkyl halides is 3.